The molecule has 0 radical (unpaired) electrons. The van der Waals surface area contributed by atoms with Gasteiger partial charge in [0.1, 0.15) is 0 Å². The van der Waals surface area contributed by atoms with E-state index in [4.69, 9.17) is 11.5 Å². The Morgan fingerprint density at radius 1 is 1.19 bits per heavy atom. The molecule has 1 aliphatic rings. The Morgan fingerprint density at radius 3 is 2.48 bits per heavy atom. The molecular formula is C15H25N5O. The van der Waals surface area contributed by atoms with Gasteiger partial charge in [-0.2, -0.15) is 0 Å². The third kappa shape index (κ3) is 4.41. The van der Waals surface area contributed by atoms with Crippen LogP contribution in [-0.2, 0) is 4.79 Å². The van der Waals surface area contributed by atoms with Gasteiger partial charge in [0, 0.05) is 44.3 Å². The van der Waals surface area contributed by atoms with Crippen LogP contribution < -0.4 is 16.4 Å². The molecule has 1 aromatic heterocycles. The number of piperazine rings is 1. The highest BCUT2D eigenvalue weighted by molar-refractivity contribution is 5.81. The van der Waals surface area contributed by atoms with E-state index in [0.29, 0.717) is 6.54 Å². The van der Waals surface area contributed by atoms with Crippen molar-refractivity contribution in [1.29, 1.82) is 0 Å². The lowest BCUT2D eigenvalue weighted by Crippen LogP contribution is -2.53. The van der Waals surface area contributed by atoms with Crippen molar-refractivity contribution in [2.45, 2.75) is 25.3 Å². The first kappa shape index (κ1) is 15.7. The lowest BCUT2D eigenvalue weighted by molar-refractivity contribution is -0.133. The number of amides is 1. The highest BCUT2D eigenvalue weighted by Crippen LogP contribution is 2.15. The second-order valence-electron chi connectivity index (χ2n) is 5.41. The summed E-state index contributed by atoms with van der Waals surface area (Å²) in [5, 5.41) is 0. The van der Waals surface area contributed by atoms with E-state index in [9.17, 15) is 4.79 Å². The van der Waals surface area contributed by atoms with E-state index < -0.39 is 0 Å². The molecule has 21 heavy (non-hydrogen) atoms. The average Bonchev–Trinajstić information content (AvgIpc) is 2.55. The van der Waals surface area contributed by atoms with Crippen molar-refractivity contribution in [1.82, 2.24) is 9.88 Å². The summed E-state index contributed by atoms with van der Waals surface area (Å²) < 4.78 is 0. The number of hydrogen-bond acceptors (Lipinski definition) is 5. The molecule has 0 unspecified atom stereocenters. The summed E-state index contributed by atoms with van der Waals surface area (Å²) in [7, 11) is 0. The quantitative estimate of drug-likeness (QED) is 0.730. The first-order valence-corrected chi connectivity index (χ1v) is 7.62. The minimum atomic E-state index is -0.385. The molecule has 6 nitrogen and oxygen atoms in total. The fourth-order valence-corrected chi connectivity index (χ4v) is 2.61. The molecule has 1 aromatic rings. The average molecular weight is 291 g/mol. The molecule has 1 aliphatic heterocycles. The number of hydrogen-bond donors (Lipinski definition) is 2. The minimum Gasteiger partial charge on any atom is -0.368 e. The molecule has 0 bridgehead atoms. The second kappa shape index (κ2) is 7.95. The number of carbonyl (C=O) groups is 1. The normalized spacial score (nSPS) is 16.9. The molecule has 0 spiro atoms. The SMILES string of the molecule is NCCCC[C@H](N)C(=O)N1CCN(c2ccncc2)CC1. The van der Waals surface area contributed by atoms with Crippen LogP contribution in [0.1, 0.15) is 19.3 Å². The number of unbranched alkanes of at least 4 members (excludes halogenated alkanes) is 1. The summed E-state index contributed by atoms with van der Waals surface area (Å²) in [6.45, 7) is 3.79. The summed E-state index contributed by atoms with van der Waals surface area (Å²) in [4.78, 5) is 20.5. The Morgan fingerprint density at radius 2 is 1.86 bits per heavy atom. The van der Waals surface area contributed by atoms with Gasteiger partial charge in [-0.3, -0.25) is 9.78 Å². The van der Waals surface area contributed by atoms with E-state index in [1.165, 1.54) is 0 Å². The maximum Gasteiger partial charge on any atom is 0.239 e. The van der Waals surface area contributed by atoms with Gasteiger partial charge in [0.2, 0.25) is 5.91 Å². The summed E-state index contributed by atoms with van der Waals surface area (Å²) >= 11 is 0. The first-order chi connectivity index (χ1) is 10.2. The van der Waals surface area contributed by atoms with Crippen molar-refractivity contribution < 1.29 is 4.79 Å². The van der Waals surface area contributed by atoms with Crippen LogP contribution in [0, 0.1) is 0 Å². The Kier molecular flexibility index (Phi) is 5.95. The number of nitrogens with two attached hydrogens (primary N) is 2. The molecule has 4 N–H and O–H groups in total. The number of anilines is 1. The van der Waals surface area contributed by atoms with E-state index in [1.807, 2.05) is 17.0 Å². The summed E-state index contributed by atoms with van der Waals surface area (Å²) in [5.41, 5.74) is 12.6. The highest BCUT2D eigenvalue weighted by atomic mass is 16.2. The predicted molar refractivity (Wildman–Crippen MR) is 83.9 cm³/mol. The summed E-state index contributed by atoms with van der Waals surface area (Å²) in [6.07, 6.45) is 6.15. The zero-order chi connectivity index (χ0) is 15.1. The number of nitrogens with zero attached hydrogens (tertiary/aromatic N) is 3. The van der Waals surface area contributed by atoms with Crippen LogP contribution in [-0.4, -0.2) is 54.6 Å². The van der Waals surface area contributed by atoms with Crippen LogP contribution >= 0.6 is 0 Å². The van der Waals surface area contributed by atoms with Crippen molar-refractivity contribution >= 4 is 11.6 Å². The lowest BCUT2D eigenvalue weighted by Gasteiger charge is -2.37. The van der Waals surface area contributed by atoms with Gasteiger partial charge in [0.15, 0.2) is 0 Å². The maximum absolute atomic E-state index is 12.3. The van der Waals surface area contributed by atoms with Gasteiger partial charge in [-0.25, -0.2) is 0 Å². The third-order valence-electron chi connectivity index (χ3n) is 3.91. The molecule has 1 atom stereocenters. The van der Waals surface area contributed by atoms with Gasteiger partial charge in [-0.05, 0) is 31.5 Å². The maximum atomic E-state index is 12.3. The zero-order valence-corrected chi connectivity index (χ0v) is 12.4. The lowest BCUT2D eigenvalue weighted by atomic mass is 10.1. The zero-order valence-electron chi connectivity index (χ0n) is 12.4. The smallest absolute Gasteiger partial charge is 0.239 e. The van der Waals surface area contributed by atoms with Gasteiger partial charge >= 0.3 is 0 Å². The van der Waals surface area contributed by atoms with E-state index in [2.05, 4.69) is 9.88 Å². The molecule has 1 saturated heterocycles. The number of carbonyl (C=O) groups excluding carboxylic acids is 1. The van der Waals surface area contributed by atoms with Gasteiger partial charge in [0.05, 0.1) is 6.04 Å². The van der Waals surface area contributed by atoms with Gasteiger partial charge in [-0.15, -0.1) is 0 Å². The fourth-order valence-electron chi connectivity index (χ4n) is 2.61. The Hall–Kier alpha value is -1.66. The molecular weight excluding hydrogens is 266 g/mol. The summed E-state index contributed by atoms with van der Waals surface area (Å²) in [5.74, 6) is 0.0707. The van der Waals surface area contributed by atoms with Gasteiger partial charge in [-0.1, -0.05) is 6.42 Å². The molecule has 1 amide bonds. The van der Waals surface area contributed by atoms with Crippen molar-refractivity contribution in [2.24, 2.45) is 11.5 Å². The topological polar surface area (TPSA) is 88.5 Å². The number of aromatic nitrogens is 1. The first-order valence-electron chi connectivity index (χ1n) is 7.62. The third-order valence-corrected chi connectivity index (χ3v) is 3.91. The van der Waals surface area contributed by atoms with E-state index >= 15 is 0 Å². The molecule has 2 heterocycles. The van der Waals surface area contributed by atoms with Crippen molar-refractivity contribution in [3.8, 4) is 0 Å². The van der Waals surface area contributed by atoms with E-state index in [0.717, 1.165) is 51.1 Å². The minimum absolute atomic E-state index is 0.0707. The molecule has 2 rings (SSSR count). The van der Waals surface area contributed by atoms with Gasteiger partial charge < -0.3 is 21.3 Å². The monoisotopic (exact) mass is 291 g/mol. The standard InChI is InChI=1S/C15H25N5O/c16-6-2-1-3-14(17)15(21)20-11-9-19(10-12-20)13-4-7-18-8-5-13/h4-5,7-8,14H,1-3,6,9-12,16-17H2/t14-/m0/s1. The van der Waals surface area contributed by atoms with Crippen LogP contribution in [0.4, 0.5) is 5.69 Å². The van der Waals surface area contributed by atoms with Crippen LogP contribution in [0.2, 0.25) is 0 Å². The number of rotatable bonds is 6. The van der Waals surface area contributed by atoms with Crippen LogP contribution in [0.5, 0.6) is 0 Å². The van der Waals surface area contributed by atoms with Crippen molar-refractivity contribution in [3.63, 3.8) is 0 Å². The summed E-state index contributed by atoms with van der Waals surface area (Å²) in [6, 6.07) is 3.61. The predicted octanol–water partition coefficient (Wildman–Crippen LogP) is 0.187. The highest BCUT2D eigenvalue weighted by Gasteiger charge is 2.24. The van der Waals surface area contributed by atoms with E-state index in [-0.39, 0.29) is 11.9 Å². The van der Waals surface area contributed by atoms with Crippen LogP contribution in [0.3, 0.4) is 0 Å². The molecule has 116 valence electrons. The Balaban J connectivity index is 1.79. The van der Waals surface area contributed by atoms with Gasteiger partial charge in [0.25, 0.3) is 0 Å². The molecule has 1 fully saturated rings. The molecule has 0 aromatic carbocycles. The Bertz CT molecular complexity index is 431. The van der Waals surface area contributed by atoms with Crippen LogP contribution in [0.15, 0.2) is 24.5 Å². The van der Waals surface area contributed by atoms with E-state index in [1.54, 1.807) is 12.4 Å². The molecule has 0 saturated carbocycles. The molecule has 0 aliphatic carbocycles. The van der Waals surface area contributed by atoms with Crippen molar-refractivity contribution in [3.05, 3.63) is 24.5 Å². The number of pyridine rings is 1. The van der Waals surface area contributed by atoms with Crippen molar-refractivity contribution in [2.75, 3.05) is 37.6 Å². The second-order valence-corrected chi connectivity index (χ2v) is 5.41. The fraction of sp³-hybridized carbons (Fsp3) is 0.600. The largest absolute Gasteiger partial charge is 0.368 e. The Labute approximate surface area is 126 Å². The molecule has 6 heteroatoms. The van der Waals surface area contributed by atoms with Crippen LogP contribution in [0.25, 0.3) is 0 Å².